The molecular formula is C16H19NO. The van der Waals surface area contributed by atoms with E-state index in [-0.39, 0.29) is 0 Å². The zero-order valence-corrected chi connectivity index (χ0v) is 10.5. The lowest BCUT2D eigenvalue weighted by Gasteiger charge is -2.08. The number of hydrogen-bond donors (Lipinski definition) is 1. The quantitative estimate of drug-likeness (QED) is 0.786. The average molecular weight is 241 g/mol. The molecule has 2 heteroatoms. The van der Waals surface area contributed by atoms with Crippen molar-refractivity contribution in [2.24, 2.45) is 5.73 Å². The van der Waals surface area contributed by atoms with E-state index in [4.69, 9.17) is 10.5 Å². The minimum atomic E-state index is 0.730. The molecule has 0 aliphatic heterocycles. The summed E-state index contributed by atoms with van der Waals surface area (Å²) in [5.74, 6) is 0.924. The number of nitrogens with two attached hydrogens (primary N) is 1. The third-order valence-corrected chi connectivity index (χ3v) is 2.81. The zero-order valence-electron chi connectivity index (χ0n) is 10.5. The van der Waals surface area contributed by atoms with Crippen molar-refractivity contribution in [3.63, 3.8) is 0 Å². The Morgan fingerprint density at radius 1 is 0.833 bits per heavy atom. The molecular weight excluding hydrogens is 222 g/mol. The molecule has 94 valence electrons. The smallest absolute Gasteiger partial charge is 0.119 e. The molecule has 0 amide bonds. The van der Waals surface area contributed by atoms with E-state index in [1.165, 1.54) is 11.1 Å². The first-order chi connectivity index (χ1) is 8.90. The fraction of sp³-hybridized carbons (Fsp3) is 0.250. The second kappa shape index (κ2) is 6.82. The van der Waals surface area contributed by atoms with Crippen molar-refractivity contribution >= 4 is 0 Å². The molecule has 0 aromatic heterocycles. The maximum atomic E-state index is 5.71. The lowest BCUT2D eigenvalue weighted by atomic mass is 10.1. The first-order valence-corrected chi connectivity index (χ1v) is 6.38. The van der Waals surface area contributed by atoms with Gasteiger partial charge in [0.15, 0.2) is 0 Å². The molecule has 0 fully saturated rings. The van der Waals surface area contributed by atoms with Crippen molar-refractivity contribution in [3.8, 4) is 16.9 Å². The third kappa shape index (κ3) is 3.60. The van der Waals surface area contributed by atoms with E-state index in [0.717, 1.165) is 31.7 Å². The molecule has 0 atom stereocenters. The molecule has 0 aliphatic rings. The molecule has 0 unspecified atom stereocenters. The predicted molar refractivity (Wildman–Crippen MR) is 75.7 cm³/mol. The second-order valence-electron chi connectivity index (χ2n) is 4.24. The average Bonchev–Trinajstić information content (AvgIpc) is 2.45. The van der Waals surface area contributed by atoms with Crippen LogP contribution in [0.25, 0.3) is 11.1 Å². The summed E-state index contributed by atoms with van der Waals surface area (Å²) in [7, 11) is 0. The largest absolute Gasteiger partial charge is 0.494 e. The Labute approximate surface area is 108 Å². The summed E-state index contributed by atoms with van der Waals surface area (Å²) >= 11 is 0. The number of ether oxygens (including phenoxy) is 1. The van der Waals surface area contributed by atoms with Crippen LogP contribution in [0.4, 0.5) is 0 Å². The fourth-order valence-corrected chi connectivity index (χ4v) is 1.83. The van der Waals surface area contributed by atoms with Gasteiger partial charge in [0.05, 0.1) is 6.61 Å². The van der Waals surface area contributed by atoms with Gasteiger partial charge in [0.2, 0.25) is 0 Å². The summed E-state index contributed by atoms with van der Waals surface area (Å²) in [5.41, 5.74) is 7.85. The summed E-state index contributed by atoms with van der Waals surface area (Å²) < 4.78 is 5.71. The predicted octanol–water partition coefficient (Wildman–Crippen LogP) is 3.47. The van der Waals surface area contributed by atoms with E-state index in [9.17, 15) is 0 Å². The molecule has 2 aromatic rings. The van der Waals surface area contributed by atoms with Crippen molar-refractivity contribution in [1.29, 1.82) is 0 Å². The summed E-state index contributed by atoms with van der Waals surface area (Å²) in [6.45, 7) is 1.46. The van der Waals surface area contributed by atoms with Crippen molar-refractivity contribution in [2.45, 2.75) is 12.8 Å². The SMILES string of the molecule is NCCCCOc1cccc(-c2ccccc2)c1. The Bertz CT molecular complexity index is 468. The van der Waals surface area contributed by atoms with Crippen LogP contribution in [-0.2, 0) is 0 Å². The van der Waals surface area contributed by atoms with Crippen LogP contribution in [0.1, 0.15) is 12.8 Å². The highest BCUT2D eigenvalue weighted by Crippen LogP contribution is 2.23. The first kappa shape index (κ1) is 12.7. The Hall–Kier alpha value is -1.80. The van der Waals surface area contributed by atoms with Gasteiger partial charge in [0.1, 0.15) is 5.75 Å². The van der Waals surface area contributed by atoms with E-state index in [1.54, 1.807) is 0 Å². The maximum absolute atomic E-state index is 5.71. The Morgan fingerprint density at radius 3 is 2.39 bits per heavy atom. The van der Waals surface area contributed by atoms with Gasteiger partial charge in [0.25, 0.3) is 0 Å². The molecule has 0 radical (unpaired) electrons. The van der Waals surface area contributed by atoms with E-state index in [0.29, 0.717) is 0 Å². The van der Waals surface area contributed by atoms with Gasteiger partial charge in [-0.25, -0.2) is 0 Å². The second-order valence-corrected chi connectivity index (χ2v) is 4.24. The molecule has 18 heavy (non-hydrogen) atoms. The first-order valence-electron chi connectivity index (χ1n) is 6.38. The molecule has 2 aromatic carbocycles. The van der Waals surface area contributed by atoms with Crippen molar-refractivity contribution in [3.05, 3.63) is 54.6 Å². The molecule has 2 N–H and O–H groups in total. The Morgan fingerprint density at radius 2 is 1.61 bits per heavy atom. The van der Waals surface area contributed by atoms with E-state index in [1.807, 2.05) is 30.3 Å². The van der Waals surface area contributed by atoms with Crippen LogP contribution < -0.4 is 10.5 Å². The molecule has 0 bridgehead atoms. The molecule has 0 aliphatic carbocycles. The summed E-state index contributed by atoms with van der Waals surface area (Å²) in [4.78, 5) is 0. The van der Waals surface area contributed by atoms with E-state index >= 15 is 0 Å². The van der Waals surface area contributed by atoms with Crippen LogP contribution in [-0.4, -0.2) is 13.2 Å². The molecule has 0 saturated carbocycles. The highest BCUT2D eigenvalue weighted by Gasteiger charge is 1.99. The molecule has 0 spiro atoms. The number of rotatable bonds is 6. The highest BCUT2D eigenvalue weighted by molar-refractivity contribution is 5.64. The number of hydrogen-bond acceptors (Lipinski definition) is 2. The van der Waals surface area contributed by atoms with Crippen molar-refractivity contribution < 1.29 is 4.74 Å². The summed E-state index contributed by atoms with van der Waals surface area (Å²) in [6, 6.07) is 18.5. The van der Waals surface area contributed by atoms with Gasteiger partial charge in [-0.15, -0.1) is 0 Å². The van der Waals surface area contributed by atoms with Crippen LogP contribution in [0.3, 0.4) is 0 Å². The van der Waals surface area contributed by atoms with Crippen molar-refractivity contribution in [2.75, 3.05) is 13.2 Å². The van der Waals surface area contributed by atoms with Crippen LogP contribution in [0, 0.1) is 0 Å². The van der Waals surface area contributed by atoms with Gasteiger partial charge in [-0.3, -0.25) is 0 Å². The van der Waals surface area contributed by atoms with Gasteiger partial charge in [-0.1, -0.05) is 42.5 Å². The third-order valence-electron chi connectivity index (χ3n) is 2.81. The summed E-state index contributed by atoms with van der Waals surface area (Å²) in [5, 5.41) is 0. The normalized spacial score (nSPS) is 10.3. The number of benzene rings is 2. The maximum Gasteiger partial charge on any atom is 0.119 e. The van der Waals surface area contributed by atoms with E-state index < -0.39 is 0 Å². The Balaban J connectivity index is 2.02. The molecule has 2 nitrogen and oxygen atoms in total. The fourth-order valence-electron chi connectivity index (χ4n) is 1.83. The van der Waals surface area contributed by atoms with Crippen molar-refractivity contribution in [1.82, 2.24) is 0 Å². The van der Waals surface area contributed by atoms with Gasteiger partial charge in [-0.2, -0.15) is 0 Å². The number of unbranched alkanes of at least 4 members (excludes halogenated alkanes) is 1. The van der Waals surface area contributed by atoms with Gasteiger partial charge in [-0.05, 0) is 42.6 Å². The van der Waals surface area contributed by atoms with Crippen LogP contribution >= 0.6 is 0 Å². The molecule has 2 rings (SSSR count). The lowest BCUT2D eigenvalue weighted by molar-refractivity contribution is 0.308. The Kier molecular flexibility index (Phi) is 4.79. The van der Waals surface area contributed by atoms with Gasteiger partial charge in [0, 0.05) is 0 Å². The van der Waals surface area contributed by atoms with Crippen LogP contribution in [0.2, 0.25) is 0 Å². The van der Waals surface area contributed by atoms with Crippen LogP contribution in [0.5, 0.6) is 5.75 Å². The zero-order chi connectivity index (χ0) is 12.6. The highest BCUT2D eigenvalue weighted by atomic mass is 16.5. The molecule has 0 heterocycles. The monoisotopic (exact) mass is 241 g/mol. The molecule has 0 saturated heterocycles. The lowest BCUT2D eigenvalue weighted by Crippen LogP contribution is -2.03. The topological polar surface area (TPSA) is 35.2 Å². The van der Waals surface area contributed by atoms with Crippen LogP contribution in [0.15, 0.2) is 54.6 Å². The van der Waals surface area contributed by atoms with E-state index in [2.05, 4.69) is 24.3 Å². The standard InChI is InChI=1S/C16H19NO/c17-11-4-5-12-18-16-10-6-9-15(13-16)14-7-2-1-3-8-14/h1-3,6-10,13H,4-5,11-12,17H2. The van der Waals surface area contributed by atoms with Gasteiger partial charge < -0.3 is 10.5 Å². The van der Waals surface area contributed by atoms with Gasteiger partial charge >= 0.3 is 0 Å². The minimum Gasteiger partial charge on any atom is -0.494 e. The summed E-state index contributed by atoms with van der Waals surface area (Å²) in [6.07, 6.45) is 2.02. The minimum absolute atomic E-state index is 0.730.